The topological polar surface area (TPSA) is 46.2 Å². The van der Waals surface area contributed by atoms with Gasteiger partial charge < -0.3 is 0 Å². The van der Waals surface area contributed by atoms with Gasteiger partial charge in [-0.05, 0) is 40.2 Å². The minimum Gasteiger partial charge on any atom is -0.277 e. The van der Waals surface area contributed by atoms with E-state index in [1.165, 1.54) is 24.3 Å². The molecule has 2 aromatic rings. The van der Waals surface area contributed by atoms with E-state index in [1.54, 1.807) is 0 Å². The average Bonchev–Trinajstić information content (AvgIpc) is 2.38. The molecule has 0 saturated carbocycles. The molecule has 0 atom stereocenters. The van der Waals surface area contributed by atoms with Crippen LogP contribution in [0, 0.1) is 11.6 Å². The predicted molar refractivity (Wildman–Crippen MR) is 76.3 cm³/mol. The quantitative estimate of drug-likeness (QED) is 0.865. The second kappa shape index (κ2) is 5.67. The first-order valence-corrected chi connectivity index (χ1v) is 7.89. The molecule has 1 N–H and O–H groups in total. The van der Waals surface area contributed by atoms with Crippen LogP contribution >= 0.6 is 27.5 Å². The SMILES string of the molecule is O=S(=O)(Nc1cccc(F)c1F)c1cccc(Cl)c1Br. The van der Waals surface area contributed by atoms with Crippen molar-refractivity contribution in [3.05, 3.63) is 57.5 Å². The molecular formula is C12H7BrClF2NO2S. The molecule has 20 heavy (non-hydrogen) atoms. The maximum atomic E-state index is 13.5. The molecule has 0 unspecified atom stereocenters. The number of rotatable bonds is 3. The van der Waals surface area contributed by atoms with Gasteiger partial charge in [0.05, 0.1) is 15.2 Å². The highest BCUT2D eigenvalue weighted by Crippen LogP contribution is 2.31. The van der Waals surface area contributed by atoms with E-state index in [-0.39, 0.29) is 14.4 Å². The van der Waals surface area contributed by atoms with Crippen LogP contribution in [0.5, 0.6) is 0 Å². The highest BCUT2D eigenvalue weighted by Gasteiger charge is 2.21. The van der Waals surface area contributed by atoms with Crippen molar-refractivity contribution in [2.24, 2.45) is 0 Å². The summed E-state index contributed by atoms with van der Waals surface area (Å²) in [5.41, 5.74) is -0.475. The minimum absolute atomic E-state index is 0.144. The smallest absolute Gasteiger partial charge is 0.263 e. The van der Waals surface area contributed by atoms with Crippen LogP contribution in [0.4, 0.5) is 14.5 Å². The fourth-order valence-electron chi connectivity index (χ4n) is 1.47. The summed E-state index contributed by atoms with van der Waals surface area (Å²) in [5, 5.41) is 0.188. The van der Waals surface area contributed by atoms with Gasteiger partial charge in [0.1, 0.15) is 4.90 Å². The van der Waals surface area contributed by atoms with E-state index in [1.807, 2.05) is 4.72 Å². The molecule has 0 bridgehead atoms. The number of halogens is 4. The second-order valence-electron chi connectivity index (χ2n) is 3.76. The first kappa shape index (κ1) is 15.2. The molecule has 2 rings (SSSR count). The Morgan fingerprint density at radius 2 is 1.75 bits per heavy atom. The van der Waals surface area contributed by atoms with Gasteiger partial charge in [0.25, 0.3) is 10.0 Å². The molecule has 0 aliphatic rings. The summed E-state index contributed by atoms with van der Waals surface area (Å²) in [4.78, 5) is -0.173. The van der Waals surface area contributed by atoms with E-state index in [0.717, 1.165) is 12.1 Å². The average molecular weight is 383 g/mol. The lowest BCUT2D eigenvalue weighted by Gasteiger charge is -2.11. The van der Waals surface area contributed by atoms with Gasteiger partial charge in [-0.25, -0.2) is 17.2 Å². The van der Waals surface area contributed by atoms with E-state index < -0.39 is 27.3 Å². The Morgan fingerprint density at radius 3 is 2.45 bits per heavy atom. The molecule has 106 valence electrons. The van der Waals surface area contributed by atoms with Crippen molar-refractivity contribution < 1.29 is 17.2 Å². The first-order valence-electron chi connectivity index (χ1n) is 5.24. The third-order valence-corrected chi connectivity index (χ3v) is 5.47. The largest absolute Gasteiger partial charge is 0.277 e. The summed E-state index contributed by atoms with van der Waals surface area (Å²) >= 11 is 8.85. The maximum absolute atomic E-state index is 13.5. The van der Waals surface area contributed by atoms with Crippen molar-refractivity contribution >= 4 is 43.2 Å². The fourth-order valence-corrected chi connectivity index (χ4v) is 3.77. The van der Waals surface area contributed by atoms with Gasteiger partial charge >= 0.3 is 0 Å². The van der Waals surface area contributed by atoms with E-state index in [0.29, 0.717) is 0 Å². The summed E-state index contributed by atoms with van der Waals surface area (Å²) < 4.78 is 53.0. The van der Waals surface area contributed by atoms with E-state index >= 15 is 0 Å². The molecular weight excluding hydrogens is 376 g/mol. The minimum atomic E-state index is -4.09. The molecule has 0 aliphatic carbocycles. The summed E-state index contributed by atoms with van der Waals surface area (Å²) in [6.07, 6.45) is 0. The Kier molecular flexibility index (Phi) is 4.31. The van der Waals surface area contributed by atoms with Crippen LogP contribution in [0.1, 0.15) is 0 Å². The first-order chi connectivity index (χ1) is 9.33. The summed E-state index contributed by atoms with van der Waals surface area (Å²) in [7, 11) is -4.09. The fraction of sp³-hybridized carbons (Fsp3) is 0. The summed E-state index contributed by atoms with van der Waals surface area (Å²) in [5.74, 6) is -2.41. The molecule has 0 heterocycles. The van der Waals surface area contributed by atoms with Gasteiger partial charge in [0.15, 0.2) is 11.6 Å². The Morgan fingerprint density at radius 1 is 1.10 bits per heavy atom. The Labute approximate surface area is 127 Å². The highest BCUT2D eigenvalue weighted by atomic mass is 79.9. The Hall–Kier alpha value is -1.18. The van der Waals surface area contributed by atoms with Crippen LogP contribution in [-0.4, -0.2) is 8.42 Å². The normalized spacial score (nSPS) is 11.4. The zero-order valence-electron chi connectivity index (χ0n) is 9.70. The highest BCUT2D eigenvalue weighted by molar-refractivity contribution is 9.10. The molecule has 0 saturated heterocycles. The molecule has 8 heteroatoms. The zero-order chi connectivity index (χ0) is 14.9. The number of hydrogen-bond acceptors (Lipinski definition) is 2. The molecule has 2 aromatic carbocycles. The lowest BCUT2D eigenvalue weighted by Crippen LogP contribution is -2.15. The molecule has 0 fully saturated rings. The number of benzene rings is 2. The number of hydrogen-bond donors (Lipinski definition) is 1. The Bertz CT molecular complexity index is 768. The van der Waals surface area contributed by atoms with Crippen molar-refractivity contribution in [2.45, 2.75) is 4.90 Å². The van der Waals surface area contributed by atoms with Crippen LogP contribution in [0.2, 0.25) is 5.02 Å². The summed E-state index contributed by atoms with van der Waals surface area (Å²) in [6, 6.07) is 7.42. The second-order valence-corrected chi connectivity index (χ2v) is 6.61. The number of anilines is 1. The van der Waals surface area contributed by atoms with Crippen molar-refractivity contribution in [3.63, 3.8) is 0 Å². The molecule has 0 aromatic heterocycles. The van der Waals surface area contributed by atoms with Gasteiger partial charge in [-0.15, -0.1) is 0 Å². The van der Waals surface area contributed by atoms with Gasteiger partial charge in [-0.1, -0.05) is 23.7 Å². The van der Waals surface area contributed by atoms with Crippen molar-refractivity contribution in [1.82, 2.24) is 0 Å². The van der Waals surface area contributed by atoms with Gasteiger partial charge in [-0.2, -0.15) is 0 Å². The zero-order valence-corrected chi connectivity index (χ0v) is 12.9. The van der Waals surface area contributed by atoms with Crippen LogP contribution < -0.4 is 4.72 Å². The molecule has 0 spiro atoms. The molecule has 0 aliphatic heterocycles. The van der Waals surface area contributed by atoms with E-state index in [2.05, 4.69) is 15.9 Å². The monoisotopic (exact) mass is 381 g/mol. The van der Waals surface area contributed by atoms with Gasteiger partial charge in [0, 0.05) is 0 Å². The van der Waals surface area contributed by atoms with Crippen molar-refractivity contribution in [1.29, 1.82) is 0 Å². The van der Waals surface area contributed by atoms with Crippen molar-refractivity contribution in [2.75, 3.05) is 4.72 Å². The van der Waals surface area contributed by atoms with Crippen LogP contribution in [0.25, 0.3) is 0 Å². The van der Waals surface area contributed by atoms with Gasteiger partial charge in [-0.3, -0.25) is 4.72 Å². The van der Waals surface area contributed by atoms with Crippen molar-refractivity contribution in [3.8, 4) is 0 Å². The molecule has 3 nitrogen and oxygen atoms in total. The maximum Gasteiger partial charge on any atom is 0.263 e. The Balaban J connectivity index is 2.47. The third-order valence-electron chi connectivity index (χ3n) is 2.40. The van der Waals surface area contributed by atoms with E-state index in [9.17, 15) is 17.2 Å². The van der Waals surface area contributed by atoms with Crippen LogP contribution in [-0.2, 0) is 10.0 Å². The predicted octanol–water partition coefficient (Wildman–Crippen LogP) is 4.18. The molecule has 0 amide bonds. The molecule has 0 radical (unpaired) electrons. The standard InChI is InChI=1S/C12H7BrClF2NO2S/c13-11-7(14)3-1-6-10(11)20(18,19)17-9-5-2-4-8(15)12(9)16/h1-6,17H. The van der Waals surface area contributed by atoms with E-state index in [4.69, 9.17) is 11.6 Å². The van der Waals surface area contributed by atoms with Crippen LogP contribution in [0.15, 0.2) is 45.8 Å². The lowest BCUT2D eigenvalue weighted by atomic mass is 10.3. The summed E-state index contributed by atoms with van der Waals surface area (Å²) in [6.45, 7) is 0. The van der Waals surface area contributed by atoms with Crippen LogP contribution in [0.3, 0.4) is 0 Å². The number of nitrogens with one attached hydrogen (secondary N) is 1. The third kappa shape index (κ3) is 2.94. The lowest BCUT2D eigenvalue weighted by molar-refractivity contribution is 0.511. The number of sulfonamides is 1. The van der Waals surface area contributed by atoms with Gasteiger partial charge in [0.2, 0.25) is 0 Å².